The van der Waals surface area contributed by atoms with Gasteiger partial charge in [-0.3, -0.25) is 0 Å². The minimum atomic E-state index is 1.05. The van der Waals surface area contributed by atoms with E-state index in [2.05, 4.69) is 204 Å². The molecule has 0 unspecified atom stereocenters. The zero-order valence-corrected chi connectivity index (χ0v) is 27.8. The molecule has 1 aliphatic rings. The van der Waals surface area contributed by atoms with Gasteiger partial charge in [-0.2, -0.15) is 0 Å². The smallest absolute Gasteiger partial charge is 0.0538 e. The second kappa shape index (κ2) is 12.9. The van der Waals surface area contributed by atoms with Crippen molar-refractivity contribution in [3.8, 4) is 33.4 Å². The Balaban J connectivity index is 1.10. The zero-order chi connectivity index (χ0) is 33.3. The normalized spacial score (nSPS) is 12.7. The Morgan fingerprint density at radius 1 is 0.400 bits per heavy atom. The summed E-state index contributed by atoms with van der Waals surface area (Å²) in [6, 6.07) is 63.6. The maximum absolute atomic E-state index is 2.45. The standard InChI is InChI=1S/C48H36N2/c1-4-12-35(13-5-1)37-20-27-42(28-21-37)49(43-29-22-38(23-30-43)36-14-6-2-7-15-36)44-31-24-39(25-32-44)40-26-33-48-46(34-40)45-18-10-11-19-47(45)50(48)41-16-8-3-9-17-41/h1-8,10-16,18-34H,9,17H2. The van der Waals surface area contributed by atoms with Crippen LogP contribution in [0.3, 0.4) is 0 Å². The molecule has 0 saturated heterocycles. The lowest BCUT2D eigenvalue weighted by molar-refractivity contribution is 0.979. The number of anilines is 3. The molecule has 0 spiro atoms. The number of benzene rings is 7. The number of hydrogen-bond donors (Lipinski definition) is 0. The fraction of sp³-hybridized carbons (Fsp3) is 0.0417. The van der Waals surface area contributed by atoms with Gasteiger partial charge in [-0.05, 0) is 107 Å². The highest BCUT2D eigenvalue weighted by atomic mass is 15.1. The van der Waals surface area contributed by atoms with E-state index >= 15 is 0 Å². The SMILES string of the molecule is C1=CCCC(n2c3ccccc3c3cc(-c4ccc(N(c5ccc(-c6ccccc6)cc5)c5ccc(-c6ccccc6)cc5)cc4)ccc32)=C1. The number of aromatic nitrogens is 1. The molecule has 238 valence electrons. The number of fused-ring (bicyclic) bond motifs is 3. The molecule has 50 heavy (non-hydrogen) atoms. The van der Waals surface area contributed by atoms with E-state index in [0.717, 1.165) is 29.9 Å². The average Bonchev–Trinajstić information content (AvgIpc) is 3.53. The third kappa shape index (κ3) is 5.51. The fourth-order valence-corrected chi connectivity index (χ4v) is 7.36. The third-order valence-corrected chi connectivity index (χ3v) is 9.88. The first-order valence-electron chi connectivity index (χ1n) is 17.4. The molecule has 0 atom stereocenters. The Morgan fingerprint density at radius 2 is 0.860 bits per heavy atom. The molecule has 1 aromatic heterocycles. The third-order valence-electron chi connectivity index (χ3n) is 9.88. The molecule has 0 fully saturated rings. The average molecular weight is 641 g/mol. The summed E-state index contributed by atoms with van der Waals surface area (Å²) in [5, 5.41) is 2.58. The summed E-state index contributed by atoms with van der Waals surface area (Å²) in [5.41, 5.74) is 14.5. The maximum Gasteiger partial charge on any atom is 0.0538 e. The summed E-state index contributed by atoms with van der Waals surface area (Å²) in [6.07, 6.45) is 8.83. The van der Waals surface area contributed by atoms with Crippen molar-refractivity contribution in [3.63, 3.8) is 0 Å². The molecular weight excluding hydrogens is 605 g/mol. The first-order valence-corrected chi connectivity index (χ1v) is 17.4. The van der Waals surface area contributed by atoms with E-state index in [4.69, 9.17) is 0 Å². The highest BCUT2D eigenvalue weighted by molar-refractivity contribution is 6.11. The van der Waals surface area contributed by atoms with Crippen molar-refractivity contribution in [2.75, 3.05) is 4.90 Å². The van der Waals surface area contributed by atoms with E-state index in [1.54, 1.807) is 0 Å². The topological polar surface area (TPSA) is 8.17 Å². The van der Waals surface area contributed by atoms with Gasteiger partial charge in [0.2, 0.25) is 0 Å². The van der Waals surface area contributed by atoms with E-state index in [-0.39, 0.29) is 0 Å². The van der Waals surface area contributed by atoms with Crippen molar-refractivity contribution in [1.82, 2.24) is 4.57 Å². The van der Waals surface area contributed by atoms with Gasteiger partial charge in [-0.1, -0.05) is 133 Å². The van der Waals surface area contributed by atoms with E-state index < -0.39 is 0 Å². The Hall–Kier alpha value is -6.38. The summed E-state index contributed by atoms with van der Waals surface area (Å²) in [5.74, 6) is 0. The summed E-state index contributed by atoms with van der Waals surface area (Å²) >= 11 is 0. The predicted octanol–water partition coefficient (Wildman–Crippen LogP) is 13.5. The lowest BCUT2D eigenvalue weighted by Gasteiger charge is -2.26. The summed E-state index contributed by atoms with van der Waals surface area (Å²) in [6.45, 7) is 0. The van der Waals surface area contributed by atoms with Crippen LogP contribution in [0.15, 0.2) is 194 Å². The Kier molecular flexibility index (Phi) is 7.68. The number of allylic oxidation sites excluding steroid dienone is 4. The van der Waals surface area contributed by atoms with Crippen LogP contribution in [0.4, 0.5) is 17.1 Å². The minimum Gasteiger partial charge on any atom is -0.313 e. The van der Waals surface area contributed by atoms with Crippen molar-refractivity contribution in [2.45, 2.75) is 12.8 Å². The molecule has 2 heteroatoms. The van der Waals surface area contributed by atoms with Gasteiger partial charge in [0.15, 0.2) is 0 Å². The van der Waals surface area contributed by atoms with Crippen molar-refractivity contribution in [3.05, 3.63) is 194 Å². The van der Waals surface area contributed by atoms with Crippen LogP contribution in [0.2, 0.25) is 0 Å². The molecule has 0 bridgehead atoms. The second-order valence-electron chi connectivity index (χ2n) is 12.9. The Labute approximate surface area is 293 Å². The molecular formula is C48H36N2. The van der Waals surface area contributed by atoms with Gasteiger partial charge < -0.3 is 9.47 Å². The van der Waals surface area contributed by atoms with E-state index in [1.807, 2.05) is 0 Å². The Morgan fingerprint density at radius 3 is 1.40 bits per heavy atom. The fourth-order valence-electron chi connectivity index (χ4n) is 7.36. The number of rotatable bonds is 7. The van der Waals surface area contributed by atoms with Crippen LogP contribution in [-0.4, -0.2) is 4.57 Å². The quantitative estimate of drug-likeness (QED) is 0.168. The molecule has 1 heterocycles. The highest BCUT2D eigenvalue weighted by Crippen LogP contribution is 2.39. The van der Waals surface area contributed by atoms with E-state index in [1.165, 1.54) is 60.9 Å². The van der Waals surface area contributed by atoms with Gasteiger partial charge in [0, 0.05) is 33.5 Å². The van der Waals surface area contributed by atoms with Crippen LogP contribution >= 0.6 is 0 Å². The molecule has 0 radical (unpaired) electrons. The molecule has 9 rings (SSSR count). The van der Waals surface area contributed by atoms with Crippen LogP contribution in [0.5, 0.6) is 0 Å². The molecule has 0 N–H and O–H groups in total. The maximum atomic E-state index is 2.45. The molecule has 1 aliphatic carbocycles. The van der Waals surface area contributed by atoms with Gasteiger partial charge in [0.05, 0.1) is 11.0 Å². The molecule has 0 aliphatic heterocycles. The van der Waals surface area contributed by atoms with Crippen molar-refractivity contribution in [2.24, 2.45) is 0 Å². The van der Waals surface area contributed by atoms with Gasteiger partial charge in [-0.25, -0.2) is 0 Å². The number of hydrogen-bond acceptors (Lipinski definition) is 1. The minimum absolute atomic E-state index is 1.05. The van der Waals surface area contributed by atoms with Crippen molar-refractivity contribution in [1.29, 1.82) is 0 Å². The molecule has 2 nitrogen and oxygen atoms in total. The van der Waals surface area contributed by atoms with Crippen LogP contribution in [0, 0.1) is 0 Å². The van der Waals surface area contributed by atoms with Gasteiger partial charge in [0.25, 0.3) is 0 Å². The van der Waals surface area contributed by atoms with Gasteiger partial charge in [-0.15, -0.1) is 0 Å². The van der Waals surface area contributed by atoms with E-state index in [9.17, 15) is 0 Å². The highest BCUT2D eigenvalue weighted by Gasteiger charge is 2.17. The molecule has 8 aromatic rings. The largest absolute Gasteiger partial charge is 0.313 e. The van der Waals surface area contributed by atoms with Crippen LogP contribution in [0.25, 0.3) is 60.9 Å². The summed E-state index contributed by atoms with van der Waals surface area (Å²) in [7, 11) is 0. The second-order valence-corrected chi connectivity index (χ2v) is 12.9. The van der Waals surface area contributed by atoms with Crippen molar-refractivity contribution >= 4 is 44.6 Å². The van der Waals surface area contributed by atoms with E-state index in [0.29, 0.717) is 0 Å². The number of para-hydroxylation sites is 1. The lowest BCUT2D eigenvalue weighted by Crippen LogP contribution is -2.09. The number of nitrogens with zero attached hydrogens (tertiary/aromatic N) is 2. The lowest BCUT2D eigenvalue weighted by atomic mass is 10.0. The molecule has 7 aromatic carbocycles. The first-order chi connectivity index (χ1) is 24.8. The van der Waals surface area contributed by atoms with Crippen molar-refractivity contribution < 1.29 is 0 Å². The zero-order valence-electron chi connectivity index (χ0n) is 27.8. The van der Waals surface area contributed by atoms with Gasteiger partial charge >= 0.3 is 0 Å². The van der Waals surface area contributed by atoms with Gasteiger partial charge in [0.1, 0.15) is 0 Å². The first kappa shape index (κ1) is 29.7. The molecule has 0 saturated carbocycles. The predicted molar refractivity (Wildman–Crippen MR) is 213 cm³/mol. The monoisotopic (exact) mass is 640 g/mol. The molecule has 0 amide bonds. The van der Waals surface area contributed by atoms with Crippen LogP contribution < -0.4 is 4.90 Å². The summed E-state index contributed by atoms with van der Waals surface area (Å²) in [4.78, 5) is 2.34. The Bertz CT molecular complexity index is 2400. The summed E-state index contributed by atoms with van der Waals surface area (Å²) < 4.78 is 2.45. The van der Waals surface area contributed by atoms with Crippen LogP contribution in [0.1, 0.15) is 12.8 Å². The van der Waals surface area contributed by atoms with Crippen LogP contribution in [-0.2, 0) is 0 Å².